The van der Waals surface area contributed by atoms with Crippen molar-refractivity contribution in [2.45, 2.75) is 13.8 Å². The van der Waals surface area contributed by atoms with E-state index in [0.29, 0.717) is 13.1 Å². The molecule has 0 amide bonds. The number of rotatable bonds is 3. The van der Waals surface area contributed by atoms with Crippen molar-refractivity contribution in [3.05, 3.63) is 35.5 Å². The van der Waals surface area contributed by atoms with E-state index in [4.69, 9.17) is 0 Å². The fourth-order valence-electron chi connectivity index (χ4n) is 1.29. The Morgan fingerprint density at radius 2 is 1.58 bits per heavy atom. The van der Waals surface area contributed by atoms with Gasteiger partial charge in [-0.2, -0.15) is 0 Å². The number of hydrogen-bond donors (Lipinski definition) is 0. The number of hydroxylamine groups is 2. The van der Waals surface area contributed by atoms with Gasteiger partial charge >= 0.3 is 0 Å². The predicted octanol–water partition coefficient (Wildman–Crippen LogP) is 2.53. The minimum absolute atomic E-state index is 0.221. The summed E-state index contributed by atoms with van der Waals surface area (Å²) in [4.78, 5) is 0. The zero-order valence-electron chi connectivity index (χ0n) is 7.66. The molecule has 1 aromatic rings. The molecule has 0 aliphatic rings. The Hall–Kier alpha value is -0.860. The van der Waals surface area contributed by atoms with Crippen LogP contribution in [0.3, 0.4) is 0 Å². The second kappa shape index (κ2) is 3.70. The van der Waals surface area contributed by atoms with E-state index in [-0.39, 0.29) is 4.65 Å². The van der Waals surface area contributed by atoms with E-state index in [2.05, 4.69) is 0 Å². The summed E-state index contributed by atoms with van der Waals surface area (Å²) < 4.78 is -0.221. The molecule has 66 valence electrons. The molecule has 2 heteroatoms. The van der Waals surface area contributed by atoms with Gasteiger partial charge in [-0.05, 0) is 26.0 Å². The lowest BCUT2D eigenvalue weighted by Gasteiger charge is -2.40. The lowest BCUT2D eigenvalue weighted by atomic mass is 10.3. The van der Waals surface area contributed by atoms with Gasteiger partial charge in [-0.3, -0.25) is 0 Å². The Morgan fingerprint density at radius 1 is 1.08 bits per heavy atom. The van der Waals surface area contributed by atoms with Crippen molar-refractivity contribution in [2.24, 2.45) is 0 Å². The van der Waals surface area contributed by atoms with Crippen molar-refractivity contribution in [3.63, 3.8) is 0 Å². The van der Waals surface area contributed by atoms with Crippen LogP contribution in [0.1, 0.15) is 13.8 Å². The predicted molar refractivity (Wildman–Crippen MR) is 52.7 cm³/mol. The molecule has 0 unspecified atom stereocenters. The van der Waals surface area contributed by atoms with Crippen LogP contribution in [-0.4, -0.2) is 13.1 Å². The molecule has 0 atom stereocenters. The van der Waals surface area contributed by atoms with Crippen molar-refractivity contribution in [1.82, 2.24) is 4.65 Å². The van der Waals surface area contributed by atoms with Gasteiger partial charge in [0.05, 0.1) is 13.1 Å². The summed E-state index contributed by atoms with van der Waals surface area (Å²) in [6.45, 7) is 5.04. The Labute approximate surface area is 73.6 Å². The van der Waals surface area contributed by atoms with E-state index >= 15 is 0 Å². The van der Waals surface area contributed by atoms with Crippen molar-refractivity contribution in [1.29, 1.82) is 0 Å². The van der Waals surface area contributed by atoms with Gasteiger partial charge in [-0.15, -0.1) is 0 Å². The highest BCUT2D eigenvalue weighted by molar-refractivity contribution is 5.42. The maximum atomic E-state index is 12.0. The van der Waals surface area contributed by atoms with Gasteiger partial charge in [0.25, 0.3) is 0 Å². The largest absolute Gasteiger partial charge is 0.627 e. The first-order chi connectivity index (χ1) is 5.73. The third-order valence-electron chi connectivity index (χ3n) is 2.25. The molecule has 2 nitrogen and oxygen atoms in total. The van der Waals surface area contributed by atoms with E-state index in [1.54, 1.807) is 0 Å². The Kier molecular flexibility index (Phi) is 2.84. The first-order valence-electron chi connectivity index (χ1n) is 4.36. The number of benzene rings is 1. The lowest BCUT2D eigenvalue weighted by molar-refractivity contribution is 0.410. The smallest absolute Gasteiger partial charge is 0.132 e. The van der Waals surface area contributed by atoms with E-state index in [0.717, 1.165) is 5.69 Å². The summed E-state index contributed by atoms with van der Waals surface area (Å²) in [5.41, 5.74) is 0.850. The lowest BCUT2D eigenvalue weighted by Crippen LogP contribution is -2.42. The van der Waals surface area contributed by atoms with Crippen LogP contribution in [0, 0.1) is 5.21 Å². The van der Waals surface area contributed by atoms with Crippen LogP contribution < -0.4 is 4.65 Å². The fourth-order valence-corrected chi connectivity index (χ4v) is 1.29. The molecule has 0 radical (unpaired) electrons. The quantitative estimate of drug-likeness (QED) is 0.498. The van der Waals surface area contributed by atoms with Crippen LogP contribution >= 0.6 is 0 Å². The monoisotopic (exact) mass is 165 g/mol. The van der Waals surface area contributed by atoms with Gasteiger partial charge in [0, 0.05) is 0 Å². The summed E-state index contributed by atoms with van der Waals surface area (Å²) in [5.74, 6) is 0. The highest BCUT2D eigenvalue weighted by Crippen LogP contribution is 2.20. The summed E-state index contributed by atoms with van der Waals surface area (Å²) in [6, 6.07) is 9.52. The Balaban J connectivity index is 2.95. The average molecular weight is 165 g/mol. The molecular weight excluding hydrogens is 150 g/mol. The van der Waals surface area contributed by atoms with E-state index < -0.39 is 0 Å². The molecule has 1 rings (SSSR count). The zero-order chi connectivity index (χ0) is 9.03. The van der Waals surface area contributed by atoms with Crippen LogP contribution in [0.4, 0.5) is 5.69 Å². The summed E-state index contributed by atoms with van der Waals surface area (Å²) in [6.07, 6.45) is 0. The van der Waals surface area contributed by atoms with Crippen molar-refractivity contribution >= 4 is 5.69 Å². The fraction of sp³-hybridized carbons (Fsp3) is 0.400. The van der Waals surface area contributed by atoms with Crippen LogP contribution in [0.2, 0.25) is 0 Å². The zero-order valence-corrected chi connectivity index (χ0v) is 7.66. The molecule has 0 spiro atoms. The van der Waals surface area contributed by atoms with Crippen LogP contribution in [0.15, 0.2) is 30.3 Å². The number of para-hydroxylation sites is 1. The molecule has 0 heterocycles. The standard InChI is InChI=1S/C10H15NO/c1-3-11(12,4-2)10-8-6-5-7-9-10/h5-9H,3-4H2,1-2H3. The molecule has 0 saturated heterocycles. The maximum Gasteiger partial charge on any atom is 0.132 e. The number of nitrogens with zero attached hydrogens (tertiary/aromatic N) is 1. The van der Waals surface area contributed by atoms with E-state index in [1.807, 2.05) is 44.2 Å². The van der Waals surface area contributed by atoms with E-state index in [9.17, 15) is 5.21 Å². The van der Waals surface area contributed by atoms with Crippen LogP contribution in [-0.2, 0) is 0 Å². The Morgan fingerprint density at radius 3 is 2.00 bits per heavy atom. The minimum Gasteiger partial charge on any atom is -0.627 e. The highest BCUT2D eigenvalue weighted by atomic mass is 16.5. The summed E-state index contributed by atoms with van der Waals surface area (Å²) in [5, 5.41) is 12.0. The molecule has 12 heavy (non-hydrogen) atoms. The summed E-state index contributed by atoms with van der Waals surface area (Å²) >= 11 is 0. The number of hydrogen-bond acceptors (Lipinski definition) is 1. The minimum atomic E-state index is -0.221. The SMILES string of the molecule is CC[N+]([O-])(CC)c1ccccc1. The van der Waals surface area contributed by atoms with Gasteiger partial charge < -0.3 is 9.85 Å². The van der Waals surface area contributed by atoms with Crippen LogP contribution in [0.25, 0.3) is 0 Å². The average Bonchev–Trinajstić information content (AvgIpc) is 2.18. The second-order valence-corrected chi connectivity index (χ2v) is 2.86. The molecule has 0 saturated carbocycles. The van der Waals surface area contributed by atoms with E-state index in [1.165, 1.54) is 0 Å². The highest BCUT2D eigenvalue weighted by Gasteiger charge is 2.13. The van der Waals surface area contributed by atoms with Gasteiger partial charge in [0.2, 0.25) is 0 Å². The van der Waals surface area contributed by atoms with Crippen molar-refractivity contribution in [3.8, 4) is 0 Å². The molecule has 0 fully saturated rings. The second-order valence-electron chi connectivity index (χ2n) is 2.86. The van der Waals surface area contributed by atoms with Gasteiger partial charge in [-0.25, -0.2) is 0 Å². The first-order valence-corrected chi connectivity index (χ1v) is 4.36. The van der Waals surface area contributed by atoms with Gasteiger partial charge in [0.1, 0.15) is 5.69 Å². The van der Waals surface area contributed by atoms with Crippen molar-refractivity contribution in [2.75, 3.05) is 13.1 Å². The first kappa shape index (κ1) is 9.23. The van der Waals surface area contributed by atoms with Gasteiger partial charge in [0.15, 0.2) is 0 Å². The molecule has 0 N–H and O–H groups in total. The Bertz CT molecular complexity index is 229. The maximum absolute atomic E-state index is 12.0. The summed E-state index contributed by atoms with van der Waals surface area (Å²) in [7, 11) is 0. The molecular formula is C10H15NO. The molecule has 0 aromatic heterocycles. The molecule has 1 aromatic carbocycles. The van der Waals surface area contributed by atoms with Crippen LogP contribution in [0.5, 0.6) is 0 Å². The molecule has 0 aliphatic heterocycles. The van der Waals surface area contributed by atoms with Gasteiger partial charge in [-0.1, -0.05) is 18.2 Å². The normalized spacial score (nSPS) is 11.6. The molecule has 0 aliphatic carbocycles. The number of quaternary nitrogens is 1. The third kappa shape index (κ3) is 1.65. The topological polar surface area (TPSA) is 23.1 Å². The van der Waals surface area contributed by atoms with Crippen molar-refractivity contribution < 1.29 is 0 Å². The molecule has 0 bridgehead atoms. The third-order valence-corrected chi connectivity index (χ3v) is 2.25.